The lowest BCUT2D eigenvalue weighted by atomic mass is 10.1. The summed E-state index contributed by atoms with van der Waals surface area (Å²) in [5.41, 5.74) is 9.91. The molecule has 0 bridgehead atoms. The summed E-state index contributed by atoms with van der Waals surface area (Å²) in [7, 11) is 0. The third-order valence-corrected chi connectivity index (χ3v) is 4.33. The van der Waals surface area contributed by atoms with E-state index >= 15 is 0 Å². The molecule has 0 aliphatic rings. The Morgan fingerprint density at radius 2 is 2.10 bits per heavy atom. The molecule has 1 heterocycles. The highest BCUT2D eigenvalue weighted by Crippen LogP contribution is 2.26. The van der Waals surface area contributed by atoms with Gasteiger partial charge in [-0.3, -0.25) is 4.68 Å². The van der Waals surface area contributed by atoms with E-state index in [4.69, 9.17) is 10.5 Å². The lowest BCUT2D eigenvalue weighted by molar-refractivity contribution is 0.293. The molecule has 2 aromatic rings. The molecule has 108 valence electrons. The molecular weight excluding hydrogens is 318 g/mol. The topological polar surface area (TPSA) is 53.1 Å². The smallest absolute Gasteiger partial charge is 0.142 e. The molecule has 20 heavy (non-hydrogen) atoms. The van der Waals surface area contributed by atoms with Crippen LogP contribution in [-0.2, 0) is 19.6 Å². The first-order valence-corrected chi connectivity index (χ1v) is 7.59. The lowest BCUT2D eigenvalue weighted by Gasteiger charge is -2.11. The Hall–Kier alpha value is -1.49. The van der Waals surface area contributed by atoms with Crippen LogP contribution in [0.2, 0.25) is 0 Å². The van der Waals surface area contributed by atoms with Gasteiger partial charge in [0.05, 0.1) is 21.5 Å². The van der Waals surface area contributed by atoms with E-state index in [0.29, 0.717) is 12.3 Å². The molecule has 0 atom stereocenters. The highest BCUT2D eigenvalue weighted by Gasteiger charge is 2.13. The van der Waals surface area contributed by atoms with Crippen molar-refractivity contribution in [2.75, 3.05) is 5.73 Å². The fourth-order valence-corrected chi connectivity index (χ4v) is 2.50. The van der Waals surface area contributed by atoms with Crippen LogP contribution in [0.15, 0.2) is 22.7 Å². The molecule has 1 aromatic carbocycles. The molecule has 0 unspecified atom stereocenters. The number of benzene rings is 1. The van der Waals surface area contributed by atoms with Crippen molar-refractivity contribution < 1.29 is 4.74 Å². The second-order valence-electron chi connectivity index (χ2n) is 4.68. The Labute approximate surface area is 128 Å². The van der Waals surface area contributed by atoms with Crippen LogP contribution >= 0.6 is 15.9 Å². The second kappa shape index (κ2) is 6.31. The second-order valence-corrected chi connectivity index (χ2v) is 5.47. The molecule has 0 saturated heterocycles. The van der Waals surface area contributed by atoms with Crippen LogP contribution in [0.3, 0.4) is 0 Å². The van der Waals surface area contributed by atoms with Gasteiger partial charge in [0.25, 0.3) is 0 Å². The predicted octanol–water partition coefficient (Wildman–Crippen LogP) is 3.70. The minimum atomic E-state index is 0.449. The van der Waals surface area contributed by atoms with Gasteiger partial charge in [-0.2, -0.15) is 5.10 Å². The van der Waals surface area contributed by atoms with Crippen molar-refractivity contribution in [3.8, 4) is 5.75 Å². The molecule has 0 spiro atoms. The van der Waals surface area contributed by atoms with E-state index in [1.807, 2.05) is 29.8 Å². The summed E-state index contributed by atoms with van der Waals surface area (Å²) in [6, 6.07) is 5.94. The van der Waals surface area contributed by atoms with Crippen LogP contribution < -0.4 is 10.5 Å². The van der Waals surface area contributed by atoms with Crippen molar-refractivity contribution in [3.63, 3.8) is 0 Å². The van der Waals surface area contributed by atoms with E-state index in [2.05, 4.69) is 34.9 Å². The van der Waals surface area contributed by atoms with Crippen LogP contribution in [-0.4, -0.2) is 9.78 Å². The number of rotatable bonds is 5. The van der Waals surface area contributed by atoms with Crippen LogP contribution in [0, 0.1) is 6.92 Å². The molecule has 1 aromatic heterocycles. The quantitative estimate of drug-likeness (QED) is 0.846. The third kappa shape index (κ3) is 2.98. The van der Waals surface area contributed by atoms with Gasteiger partial charge in [0, 0.05) is 6.54 Å². The third-order valence-electron chi connectivity index (χ3n) is 3.30. The SMILES string of the molecule is CCc1ccc(OCc2c(Br)c(C)nn2CC)c(N)c1. The summed E-state index contributed by atoms with van der Waals surface area (Å²) in [6.45, 7) is 7.41. The molecule has 5 heteroatoms. The average Bonchev–Trinajstić information content (AvgIpc) is 2.73. The van der Waals surface area contributed by atoms with Gasteiger partial charge in [0.1, 0.15) is 12.4 Å². The Bertz CT molecular complexity index is 607. The molecule has 2 rings (SSSR count). The molecule has 0 radical (unpaired) electrons. The average molecular weight is 338 g/mol. The van der Waals surface area contributed by atoms with E-state index in [1.165, 1.54) is 5.56 Å². The van der Waals surface area contributed by atoms with Gasteiger partial charge in [-0.25, -0.2) is 0 Å². The molecule has 0 fully saturated rings. The van der Waals surface area contributed by atoms with Gasteiger partial charge in [-0.05, 0) is 53.9 Å². The maximum Gasteiger partial charge on any atom is 0.142 e. The Balaban J connectivity index is 2.17. The van der Waals surface area contributed by atoms with E-state index in [0.717, 1.165) is 34.6 Å². The maximum atomic E-state index is 6.02. The number of aromatic nitrogens is 2. The molecule has 4 nitrogen and oxygen atoms in total. The molecule has 0 saturated carbocycles. The van der Waals surface area contributed by atoms with Gasteiger partial charge >= 0.3 is 0 Å². The van der Waals surface area contributed by atoms with Crippen molar-refractivity contribution >= 4 is 21.6 Å². The van der Waals surface area contributed by atoms with Crippen molar-refractivity contribution in [2.24, 2.45) is 0 Å². The minimum Gasteiger partial charge on any atom is -0.485 e. The van der Waals surface area contributed by atoms with Gasteiger partial charge < -0.3 is 10.5 Å². The summed E-state index contributed by atoms with van der Waals surface area (Å²) >= 11 is 3.56. The predicted molar refractivity (Wildman–Crippen MR) is 84.9 cm³/mol. The maximum absolute atomic E-state index is 6.02. The molecule has 0 aliphatic heterocycles. The number of aryl methyl sites for hydroxylation is 3. The Morgan fingerprint density at radius 1 is 1.35 bits per heavy atom. The van der Waals surface area contributed by atoms with Crippen molar-refractivity contribution in [1.82, 2.24) is 9.78 Å². The first-order chi connectivity index (χ1) is 9.56. The van der Waals surface area contributed by atoms with E-state index in [1.54, 1.807) is 0 Å². The summed E-state index contributed by atoms with van der Waals surface area (Å²) in [5.74, 6) is 0.718. The zero-order chi connectivity index (χ0) is 14.7. The van der Waals surface area contributed by atoms with Crippen LogP contribution in [0.5, 0.6) is 5.75 Å². The molecule has 2 N–H and O–H groups in total. The zero-order valence-electron chi connectivity index (χ0n) is 12.1. The van der Waals surface area contributed by atoms with Crippen molar-refractivity contribution in [1.29, 1.82) is 0 Å². The Kier molecular flexibility index (Phi) is 4.70. The minimum absolute atomic E-state index is 0.449. The summed E-state index contributed by atoms with van der Waals surface area (Å²) < 4.78 is 8.79. The van der Waals surface area contributed by atoms with Gasteiger partial charge in [-0.15, -0.1) is 0 Å². The monoisotopic (exact) mass is 337 g/mol. The number of nitrogen functional groups attached to an aromatic ring is 1. The summed E-state index contributed by atoms with van der Waals surface area (Å²) in [5, 5.41) is 4.45. The van der Waals surface area contributed by atoms with Gasteiger partial charge in [0.2, 0.25) is 0 Å². The number of anilines is 1. The number of ether oxygens (including phenoxy) is 1. The molecular formula is C15H20BrN3O. The summed E-state index contributed by atoms with van der Waals surface area (Å²) in [4.78, 5) is 0. The molecule has 0 amide bonds. The highest BCUT2D eigenvalue weighted by atomic mass is 79.9. The largest absolute Gasteiger partial charge is 0.485 e. The van der Waals surface area contributed by atoms with E-state index in [9.17, 15) is 0 Å². The van der Waals surface area contributed by atoms with Gasteiger partial charge in [-0.1, -0.05) is 13.0 Å². The van der Waals surface area contributed by atoms with Crippen molar-refractivity contribution in [2.45, 2.75) is 40.3 Å². The highest BCUT2D eigenvalue weighted by molar-refractivity contribution is 9.10. The van der Waals surface area contributed by atoms with Crippen LogP contribution in [0.4, 0.5) is 5.69 Å². The van der Waals surface area contributed by atoms with E-state index < -0.39 is 0 Å². The van der Waals surface area contributed by atoms with Gasteiger partial charge in [0.15, 0.2) is 0 Å². The first kappa shape index (κ1) is 14.9. The molecule has 0 aliphatic carbocycles. The Morgan fingerprint density at radius 3 is 2.70 bits per heavy atom. The number of hydrogen-bond acceptors (Lipinski definition) is 3. The van der Waals surface area contributed by atoms with Crippen LogP contribution in [0.1, 0.15) is 30.8 Å². The standard InChI is InChI=1S/C15H20BrN3O/c1-4-11-6-7-14(12(17)8-11)20-9-13-15(16)10(3)18-19(13)5-2/h6-8H,4-5,9,17H2,1-3H3. The summed E-state index contributed by atoms with van der Waals surface area (Å²) in [6.07, 6.45) is 0.970. The first-order valence-electron chi connectivity index (χ1n) is 6.79. The number of nitrogens with two attached hydrogens (primary N) is 1. The number of nitrogens with zero attached hydrogens (tertiary/aromatic N) is 2. The zero-order valence-corrected chi connectivity index (χ0v) is 13.7. The fourth-order valence-electron chi connectivity index (χ4n) is 2.10. The van der Waals surface area contributed by atoms with Crippen molar-refractivity contribution in [3.05, 3.63) is 39.6 Å². The number of hydrogen-bond donors (Lipinski definition) is 1. The normalized spacial score (nSPS) is 10.8. The number of halogens is 1. The van der Waals surface area contributed by atoms with Crippen LogP contribution in [0.25, 0.3) is 0 Å². The van der Waals surface area contributed by atoms with E-state index in [-0.39, 0.29) is 0 Å². The fraction of sp³-hybridized carbons (Fsp3) is 0.400. The lowest BCUT2D eigenvalue weighted by Crippen LogP contribution is -2.07.